The maximum absolute atomic E-state index is 11.0. The summed E-state index contributed by atoms with van der Waals surface area (Å²) in [6.45, 7) is 0.303. The van der Waals surface area contributed by atoms with Crippen LogP contribution in [0.3, 0.4) is 0 Å². The molecule has 0 atom stereocenters. The third-order valence-electron chi connectivity index (χ3n) is 3.63. The molecule has 0 aliphatic heterocycles. The van der Waals surface area contributed by atoms with E-state index in [0.29, 0.717) is 6.61 Å². The Kier molecular flexibility index (Phi) is 4.15. The Hall–Kier alpha value is -3.01. The van der Waals surface area contributed by atoms with Gasteiger partial charge in [0.05, 0.1) is 12.7 Å². The zero-order chi connectivity index (χ0) is 16.2. The van der Waals surface area contributed by atoms with Crippen LogP contribution in [0, 0.1) is 0 Å². The van der Waals surface area contributed by atoms with E-state index in [4.69, 9.17) is 14.6 Å². The maximum atomic E-state index is 11.0. The minimum atomic E-state index is -0.943. The van der Waals surface area contributed by atoms with Gasteiger partial charge < -0.3 is 14.6 Å². The summed E-state index contributed by atoms with van der Waals surface area (Å²) in [6, 6.07) is 18.3. The van der Waals surface area contributed by atoms with Crippen LogP contribution < -0.4 is 9.47 Å². The molecule has 0 radical (unpaired) electrons. The Morgan fingerprint density at radius 3 is 2.35 bits per heavy atom. The molecule has 0 aliphatic carbocycles. The van der Waals surface area contributed by atoms with Gasteiger partial charge >= 0.3 is 5.97 Å². The number of carboxylic acid groups (broad SMARTS) is 1. The summed E-state index contributed by atoms with van der Waals surface area (Å²) in [7, 11) is 1.64. The van der Waals surface area contributed by atoms with Gasteiger partial charge in [-0.05, 0) is 29.8 Å². The minimum absolute atomic E-state index is 0.255. The topological polar surface area (TPSA) is 55.8 Å². The molecule has 4 heteroatoms. The summed E-state index contributed by atoms with van der Waals surface area (Å²) in [5.74, 6) is 0.588. The van der Waals surface area contributed by atoms with Crippen molar-refractivity contribution in [2.45, 2.75) is 6.61 Å². The molecule has 3 aromatic rings. The van der Waals surface area contributed by atoms with Crippen molar-refractivity contribution in [3.63, 3.8) is 0 Å². The zero-order valence-electron chi connectivity index (χ0n) is 12.7. The van der Waals surface area contributed by atoms with E-state index in [2.05, 4.69) is 0 Å². The van der Waals surface area contributed by atoms with Crippen molar-refractivity contribution in [2.24, 2.45) is 0 Å². The van der Waals surface area contributed by atoms with Crippen LogP contribution in [0.2, 0.25) is 0 Å². The molecule has 3 aromatic carbocycles. The van der Waals surface area contributed by atoms with Crippen molar-refractivity contribution in [2.75, 3.05) is 7.11 Å². The molecule has 0 saturated carbocycles. The number of benzene rings is 3. The van der Waals surface area contributed by atoms with E-state index in [1.807, 2.05) is 42.5 Å². The van der Waals surface area contributed by atoms with Crippen LogP contribution in [0.1, 0.15) is 15.9 Å². The van der Waals surface area contributed by atoms with Gasteiger partial charge in [0.25, 0.3) is 0 Å². The number of fused-ring (bicyclic) bond motifs is 1. The number of rotatable bonds is 5. The molecule has 3 rings (SSSR count). The van der Waals surface area contributed by atoms with Crippen LogP contribution in [-0.4, -0.2) is 18.2 Å². The fourth-order valence-electron chi connectivity index (χ4n) is 2.50. The number of carboxylic acids is 1. The van der Waals surface area contributed by atoms with Crippen LogP contribution in [0.5, 0.6) is 11.5 Å². The predicted molar refractivity (Wildman–Crippen MR) is 88.2 cm³/mol. The number of hydrogen-bond donors (Lipinski definition) is 1. The Balaban J connectivity index is 1.88. The van der Waals surface area contributed by atoms with Gasteiger partial charge in [0, 0.05) is 10.8 Å². The molecular weight excluding hydrogens is 292 g/mol. The highest BCUT2D eigenvalue weighted by Gasteiger charge is 2.08. The summed E-state index contributed by atoms with van der Waals surface area (Å²) in [6.07, 6.45) is 0. The van der Waals surface area contributed by atoms with Crippen LogP contribution >= 0.6 is 0 Å². The molecule has 1 N–H and O–H groups in total. The lowest BCUT2D eigenvalue weighted by molar-refractivity contribution is 0.0696. The predicted octanol–water partition coefficient (Wildman–Crippen LogP) is 4.13. The number of hydrogen-bond acceptors (Lipinski definition) is 3. The molecule has 0 spiro atoms. The molecule has 0 aromatic heterocycles. The normalized spacial score (nSPS) is 10.5. The van der Waals surface area contributed by atoms with Crippen LogP contribution in [0.15, 0.2) is 60.7 Å². The smallest absolute Gasteiger partial charge is 0.335 e. The lowest BCUT2D eigenvalue weighted by atomic mass is 10.1. The zero-order valence-corrected chi connectivity index (χ0v) is 12.7. The SMILES string of the molecule is COc1ccc(OCc2cccc(C(=O)O)c2)c2ccccc12. The van der Waals surface area contributed by atoms with Crippen molar-refractivity contribution in [3.8, 4) is 11.5 Å². The number of carbonyl (C=O) groups is 1. The van der Waals surface area contributed by atoms with Gasteiger partial charge in [0.2, 0.25) is 0 Å². The first-order valence-corrected chi connectivity index (χ1v) is 7.20. The number of ether oxygens (including phenoxy) is 2. The summed E-state index contributed by atoms with van der Waals surface area (Å²) >= 11 is 0. The first kappa shape index (κ1) is 14.9. The molecule has 0 amide bonds. The van der Waals surface area contributed by atoms with Gasteiger partial charge in [-0.3, -0.25) is 0 Å². The highest BCUT2D eigenvalue weighted by Crippen LogP contribution is 2.33. The molecule has 116 valence electrons. The standard InChI is InChI=1S/C19H16O4/c1-22-17-9-10-18(16-8-3-2-7-15(16)17)23-12-13-5-4-6-14(11-13)19(20)21/h2-11H,12H2,1H3,(H,20,21). The third kappa shape index (κ3) is 3.11. The second-order valence-corrected chi connectivity index (χ2v) is 5.11. The summed E-state index contributed by atoms with van der Waals surface area (Å²) in [4.78, 5) is 11.0. The Bertz CT molecular complexity index is 855. The fraction of sp³-hybridized carbons (Fsp3) is 0.105. The minimum Gasteiger partial charge on any atom is -0.496 e. The third-order valence-corrected chi connectivity index (χ3v) is 3.63. The van der Waals surface area contributed by atoms with Gasteiger partial charge in [-0.25, -0.2) is 4.79 Å². The Morgan fingerprint density at radius 1 is 0.957 bits per heavy atom. The van der Waals surface area contributed by atoms with Crippen LogP contribution in [0.4, 0.5) is 0 Å². The number of methoxy groups -OCH3 is 1. The van der Waals surface area contributed by atoms with Crippen LogP contribution in [0.25, 0.3) is 10.8 Å². The van der Waals surface area contributed by atoms with E-state index < -0.39 is 5.97 Å². The van der Waals surface area contributed by atoms with E-state index in [9.17, 15) is 4.79 Å². The molecule has 0 unspecified atom stereocenters. The first-order chi connectivity index (χ1) is 11.2. The number of aromatic carboxylic acids is 1. The lowest BCUT2D eigenvalue weighted by Crippen LogP contribution is -2.00. The molecule has 0 saturated heterocycles. The van der Waals surface area contributed by atoms with Crippen LogP contribution in [-0.2, 0) is 6.61 Å². The molecule has 0 heterocycles. The molecular formula is C19H16O4. The molecule has 4 nitrogen and oxygen atoms in total. The lowest BCUT2D eigenvalue weighted by Gasteiger charge is -2.12. The van der Waals surface area contributed by atoms with E-state index in [0.717, 1.165) is 27.8 Å². The van der Waals surface area contributed by atoms with Crippen molar-refractivity contribution in [1.29, 1.82) is 0 Å². The van der Waals surface area contributed by atoms with Crippen molar-refractivity contribution in [1.82, 2.24) is 0 Å². The van der Waals surface area contributed by atoms with Crippen molar-refractivity contribution >= 4 is 16.7 Å². The van der Waals surface area contributed by atoms with Gasteiger partial charge in [-0.15, -0.1) is 0 Å². The molecule has 0 fully saturated rings. The molecule has 23 heavy (non-hydrogen) atoms. The first-order valence-electron chi connectivity index (χ1n) is 7.20. The van der Waals surface area contributed by atoms with E-state index in [1.54, 1.807) is 25.3 Å². The average Bonchev–Trinajstić information content (AvgIpc) is 2.59. The van der Waals surface area contributed by atoms with Crippen molar-refractivity contribution in [3.05, 3.63) is 71.8 Å². The second-order valence-electron chi connectivity index (χ2n) is 5.11. The second kappa shape index (κ2) is 6.40. The maximum Gasteiger partial charge on any atom is 0.335 e. The fourth-order valence-corrected chi connectivity index (χ4v) is 2.50. The average molecular weight is 308 g/mol. The Morgan fingerprint density at radius 2 is 1.65 bits per heavy atom. The Labute approximate surface area is 133 Å². The highest BCUT2D eigenvalue weighted by molar-refractivity contribution is 5.93. The van der Waals surface area contributed by atoms with E-state index in [-0.39, 0.29) is 5.56 Å². The largest absolute Gasteiger partial charge is 0.496 e. The van der Waals surface area contributed by atoms with E-state index >= 15 is 0 Å². The summed E-state index contributed by atoms with van der Waals surface area (Å²) < 4.78 is 11.3. The van der Waals surface area contributed by atoms with Gasteiger partial charge in [0.15, 0.2) is 0 Å². The molecule has 0 bridgehead atoms. The van der Waals surface area contributed by atoms with Crippen molar-refractivity contribution < 1.29 is 19.4 Å². The molecule has 0 aliphatic rings. The monoisotopic (exact) mass is 308 g/mol. The van der Waals surface area contributed by atoms with E-state index in [1.165, 1.54) is 0 Å². The highest BCUT2D eigenvalue weighted by atomic mass is 16.5. The van der Waals surface area contributed by atoms with Gasteiger partial charge in [-0.1, -0.05) is 36.4 Å². The summed E-state index contributed by atoms with van der Waals surface area (Å²) in [5.41, 5.74) is 1.07. The summed E-state index contributed by atoms with van der Waals surface area (Å²) in [5, 5.41) is 11.0. The van der Waals surface area contributed by atoms with Gasteiger partial charge in [0.1, 0.15) is 18.1 Å². The van der Waals surface area contributed by atoms with Gasteiger partial charge in [-0.2, -0.15) is 0 Å². The quantitative estimate of drug-likeness (QED) is 0.770.